The molecule has 1 aliphatic rings. The number of carbonyl (C=O) groups excluding carboxylic acids is 1. The fourth-order valence-electron chi connectivity index (χ4n) is 2.94. The van der Waals surface area contributed by atoms with E-state index in [0.717, 1.165) is 0 Å². The van der Waals surface area contributed by atoms with Gasteiger partial charge in [-0.1, -0.05) is 18.2 Å². The van der Waals surface area contributed by atoms with E-state index in [-0.39, 0.29) is 36.7 Å². The third-order valence-electron chi connectivity index (χ3n) is 4.26. The molecule has 2 aromatic carbocycles. The Morgan fingerprint density at radius 2 is 1.86 bits per heavy atom. The molecule has 2 aromatic rings. The van der Waals surface area contributed by atoms with E-state index in [1.54, 1.807) is 24.3 Å². The minimum absolute atomic E-state index is 0.0584. The van der Waals surface area contributed by atoms with E-state index in [2.05, 4.69) is 0 Å². The molecule has 1 fully saturated rings. The number of carboxylic acids is 1. The van der Waals surface area contributed by atoms with Crippen LogP contribution in [0.5, 0.6) is 17.2 Å². The maximum Gasteiger partial charge on any atom is 0.343 e. The summed E-state index contributed by atoms with van der Waals surface area (Å²) in [5, 5.41) is 17.8. The Hall–Kier alpha value is -3.27. The zero-order chi connectivity index (χ0) is 21.0. The SMILES string of the molecule is O=C1CC(c2cccc(OCCCOc3cccc(O)c3C(=O)O)c2)S(=O)(=O)N1. The van der Waals surface area contributed by atoms with E-state index < -0.39 is 27.1 Å². The number of aromatic hydroxyl groups is 1. The summed E-state index contributed by atoms with van der Waals surface area (Å²) < 4.78 is 36.9. The van der Waals surface area contributed by atoms with Gasteiger partial charge in [0.05, 0.1) is 19.6 Å². The van der Waals surface area contributed by atoms with Crippen molar-refractivity contribution in [3.63, 3.8) is 0 Å². The first-order valence-corrected chi connectivity index (χ1v) is 10.3. The van der Waals surface area contributed by atoms with Crippen LogP contribution in [0.4, 0.5) is 0 Å². The highest BCUT2D eigenvalue weighted by molar-refractivity contribution is 7.90. The van der Waals surface area contributed by atoms with Gasteiger partial charge in [-0.15, -0.1) is 0 Å². The monoisotopic (exact) mass is 421 g/mol. The molecule has 0 radical (unpaired) electrons. The first-order chi connectivity index (χ1) is 13.8. The van der Waals surface area contributed by atoms with E-state index >= 15 is 0 Å². The smallest absolute Gasteiger partial charge is 0.343 e. The lowest BCUT2D eigenvalue weighted by Crippen LogP contribution is -2.21. The summed E-state index contributed by atoms with van der Waals surface area (Å²) in [6.07, 6.45) is 0.288. The van der Waals surface area contributed by atoms with Crippen molar-refractivity contribution in [1.29, 1.82) is 0 Å². The molecule has 10 heteroatoms. The third kappa shape index (κ3) is 4.77. The molecule has 1 heterocycles. The molecule has 1 aliphatic heterocycles. The van der Waals surface area contributed by atoms with E-state index in [9.17, 15) is 23.1 Å². The number of hydrogen-bond acceptors (Lipinski definition) is 7. The molecule has 0 bridgehead atoms. The van der Waals surface area contributed by atoms with Crippen LogP contribution in [0.1, 0.15) is 34.0 Å². The summed E-state index contributed by atoms with van der Waals surface area (Å²) >= 11 is 0. The lowest BCUT2D eigenvalue weighted by atomic mass is 10.1. The molecule has 1 saturated heterocycles. The number of carboxylic acid groups (broad SMARTS) is 1. The molecule has 0 aliphatic carbocycles. The Morgan fingerprint density at radius 1 is 1.14 bits per heavy atom. The zero-order valence-corrected chi connectivity index (χ0v) is 16.0. The van der Waals surface area contributed by atoms with Crippen LogP contribution in [0, 0.1) is 0 Å². The number of aromatic carboxylic acids is 1. The Labute approximate surface area is 166 Å². The number of benzene rings is 2. The fourth-order valence-corrected chi connectivity index (χ4v) is 4.36. The number of hydrogen-bond donors (Lipinski definition) is 3. The molecule has 1 unspecified atom stereocenters. The second kappa shape index (κ2) is 8.39. The van der Waals surface area contributed by atoms with Crippen LogP contribution in [0.2, 0.25) is 0 Å². The Bertz CT molecular complexity index is 1030. The number of sulfonamides is 1. The Morgan fingerprint density at radius 3 is 2.55 bits per heavy atom. The van der Waals surface area contributed by atoms with E-state index in [1.165, 1.54) is 18.2 Å². The summed E-state index contributed by atoms with van der Waals surface area (Å²) in [6, 6.07) is 10.7. The predicted octanol–water partition coefficient (Wildman–Crippen LogP) is 1.83. The van der Waals surface area contributed by atoms with Crippen LogP contribution in [0.3, 0.4) is 0 Å². The highest BCUT2D eigenvalue weighted by Gasteiger charge is 2.37. The second-order valence-corrected chi connectivity index (χ2v) is 8.20. The summed E-state index contributed by atoms with van der Waals surface area (Å²) in [6.45, 7) is 0.387. The summed E-state index contributed by atoms with van der Waals surface area (Å²) in [7, 11) is -3.72. The lowest BCUT2D eigenvalue weighted by Gasteiger charge is -2.12. The van der Waals surface area contributed by atoms with Gasteiger partial charge in [0.15, 0.2) is 0 Å². The number of rotatable bonds is 8. The van der Waals surface area contributed by atoms with E-state index in [1.807, 2.05) is 4.72 Å². The number of carbonyl (C=O) groups is 2. The molecule has 0 saturated carbocycles. The van der Waals surface area contributed by atoms with Gasteiger partial charge in [0.2, 0.25) is 15.9 Å². The van der Waals surface area contributed by atoms with Crippen molar-refractivity contribution >= 4 is 21.9 Å². The van der Waals surface area contributed by atoms with Crippen molar-refractivity contribution in [3.05, 3.63) is 53.6 Å². The number of amides is 1. The highest BCUT2D eigenvalue weighted by Crippen LogP contribution is 2.32. The second-order valence-electron chi connectivity index (χ2n) is 6.34. The lowest BCUT2D eigenvalue weighted by molar-refractivity contribution is -0.118. The van der Waals surface area contributed by atoms with Crippen molar-refractivity contribution in [1.82, 2.24) is 4.72 Å². The summed E-state index contributed by atoms with van der Waals surface area (Å²) in [5.41, 5.74) is 0.157. The van der Waals surface area contributed by atoms with Crippen LogP contribution < -0.4 is 14.2 Å². The van der Waals surface area contributed by atoms with Gasteiger partial charge >= 0.3 is 5.97 Å². The summed E-state index contributed by atoms with van der Waals surface area (Å²) in [4.78, 5) is 22.6. The molecule has 1 atom stereocenters. The van der Waals surface area contributed by atoms with Crippen LogP contribution >= 0.6 is 0 Å². The summed E-state index contributed by atoms with van der Waals surface area (Å²) in [5.74, 6) is -1.70. The van der Waals surface area contributed by atoms with Crippen molar-refractivity contribution in [2.75, 3.05) is 13.2 Å². The van der Waals surface area contributed by atoms with Gasteiger partial charge in [-0.05, 0) is 29.8 Å². The molecular weight excluding hydrogens is 402 g/mol. The molecule has 154 valence electrons. The van der Waals surface area contributed by atoms with Crippen LogP contribution in [-0.4, -0.2) is 43.7 Å². The van der Waals surface area contributed by atoms with Gasteiger partial charge in [0, 0.05) is 6.42 Å². The van der Waals surface area contributed by atoms with E-state index in [0.29, 0.717) is 17.7 Å². The van der Waals surface area contributed by atoms with Crippen LogP contribution in [0.15, 0.2) is 42.5 Å². The van der Waals surface area contributed by atoms with Crippen molar-refractivity contribution < 1.29 is 37.7 Å². The quantitative estimate of drug-likeness (QED) is 0.549. The number of nitrogens with one attached hydrogen (secondary N) is 1. The maximum absolute atomic E-state index is 12.0. The van der Waals surface area contributed by atoms with E-state index in [4.69, 9.17) is 14.6 Å². The largest absolute Gasteiger partial charge is 0.507 e. The molecule has 29 heavy (non-hydrogen) atoms. The molecular formula is C19H19NO8S. The van der Waals surface area contributed by atoms with Crippen molar-refractivity contribution in [2.24, 2.45) is 0 Å². The van der Waals surface area contributed by atoms with Crippen molar-refractivity contribution in [3.8, 4) is 17.2 Å². The Kier molecular flexibility index (Phi) is 5.92. The highest BCUT2D eigenvalue weighted by atomic mass is 32.2. The van der Waals surface area contributed by atoms with Gasteiger partial charge < -0.3 is 19.7 Å². The Balaban J connectivity index is 1.54. The molecule has 0 spiro atoms. The molecule has 3 rings (SSSR count). The van der Waals surface area contributed by atoms with Crippen LogP contribution in [0.25, 0.3) is 0 Å². The fraction of sp³-hybridized carbons (Fsp3) is 0.263. The van der Waals surface area contributed by atoms with Gasteiger partial charge in [0.1, 0.15) is 28.1 Å². The standard InChI is InChI=1S/C19H19NO8S/c21-14-6-2-7-15(18(14)19(23)24)28-9-3-8-27-13-5-1-4-12(10-13)16-11-17(22)20-29(16,25)26/h1-2,4-7,10,16,21H,3,8-9,11H2,(H,20,22)(H,23,24). The average Bonchev–Trinajstić information content (AvgIpc) is 2.93. The van der Waals surface area contributed by atoms with Gasteiger partial charge in [0.25, 0.3) is 0 Å². The first kappa shape index (κ1) is 20.5. The van der Waals surface area contributed by atoms with Crippen LogP contribution in [-0.2, 0) is 14.8 Å². The minimum Gasteiger partial charge on any atom is -0.507 e. The molecule has 9 nitrogen and oxygen atoms in total. The predicted molar refractivity (Wildman–Crippen MR) is 102 cm³/mol. The zero-order valence-electron chi connectivity index (χ0n) is 15.2. The molecule has 3 N–H and O–H groups in total. The molecule has 0 aromatic heterocycles. The first-order valence-electron chi connectivity index (χ1n) is 8.73. The topological polar surface area (TPSA) is 139 Å². The van der Waals surface area contributed by atoms with Gasteiger partial charge in [-0.25, -0.2) is 13.2 Å². The minimum atomic E-state index is -3.72. The molecule has 1 amide bonds. The average molecular weight is 421 g/mol. The third-order valence-corrected chi connectivity index (χ3v) is 5.96. The normalized spacial score (nSPS) is 17.5. The van der Waals surface area contributed by atoms with Crippen molar-refractivity contribution in [2.45, 2.75) is 18.1 Å². The number of phenols is 1. The van der Waals surface area contributed by atoms with Gasteiger partial charge in [-0.2, -0.15) is 0 Å². The van der Waals surface area contributed by atoms with Gasteiger partial charge in [-0.3, -0.25) is 9.52 Å². The number of ether oxygens (including phenoxy) is 2. The maximum atomic E-state index is 12.0.